The van der Waals surface area contributed by atoms with E-state index in [-0.39, 0.29) is 0 Å². The van der Waals surface area contributed by atoms with Crippen LogP contribution in [-0.4, -0.2) is 42.2 Å². The summed E-state index contributed by atoms with van der Waals surface area (Å²) >= 11 is 0. The first-order valence-electron chi connectivity index (χ1n) is 5.74. The van der Waals surface area contributed by atoms with E-state index in [1.807, 2.05) is 10.9 Å². The van der Waals surface area contributed by atoms with Crippen LogP contribution in [0.25, 0.3) is 0 Å². The van der Waals surface area contributed by atoms with Gasteiger partial charge in [-0.25, -0.2) is 0 Å². The van der Waals surface area contributed by atoms with Crippen LogP contribution in [-0.2, 0) is 6.54 Å². The molecule has 1 saturated heterocycles. The van der Waals surface area contributed by atoms with Gasteiger partial charge in [-0.2, -0.15) is 5.10 Å². The monoisotopic (exact) mass is 203 g/mol. The Morgan fingerprint density at radius 3 is 3.07 bits per heavy atom. The van der Waals surface area contributed by atoms with E-state index in [1.54, 1.807) is 6.20 Å². The van der Waals surface area contributed by atoms with Crippen molar-refractivity contribution in [3.63, 3.8) is 0 Å². The van der Waals surface area contributed by atoms with Crippen molar-refractivity contribution >= 4 is 13.3 Å². The lowest BCUT2D eigenvalue weighted by Gasteiger charge is -2.30. The van der Waals surface area contributed by atoms with Gasteiger partial charge in [0, 0.05) is 25.5 Å². The molecule has 4 heteroatoms. The van der Waals surface area contributed by atoms with E-state index < -0.39 is 0 Å². The summed E-state index contributed by atoms with van der Waals surface area (Å²) in [7, 11) is 5.61. The third-order valence-corrected chi connectivity index (χ3v) is 3.04. The zero-order valence-electron chi connectivity index (χ0n) is 9.39. The molecule has 2 rings (SSSR count). The molecule has 0 unspecified atom stereocenters. The van der Waals surface area contributed by atoms with Crippen molar-refractivity contribution in [2.24, 2.45) is 5.92 Å². The zero-order valence-corrected chi connectivity index (χ0v) is 9.39. The molecule has 0 bridgehead atoms. The Balaban J connectivity index is 1.77. The van der Waals surface area contributed by atoms with Gasteiger partial charge in [-0.15, -0.1) is 0 Å². The Labute approximate surface area is 92.9 Å². The van der Waals surface area contributed by atoms with Crippen molar-refractivity contribution < 1.29 is 0 Å². The van der Waals surface area contributed by atoms with Gasteiger partial charge < -0.3 is 4.90 Å². The van der Waals surface area contributed by atoms with Crippen LogP contribution in [0.15, 0.2) is 12.4 Å². The molecule has 2 radical (unpaired) electrons. The molecule has 3 nitrogen and oxygen atoms in total. The van der Waals surface area contributed by atoms with Crippen LogP contribution in [0.4, 0.5) is 0 Å². The number of hydrogen-bond acceptors (Lipinski definition) is 2. The van der Waals surface area contributed by atoms with Crippen molar-refractivity contribution in [3.05, 3.63) is 12.4 Å². The van der Waals surface area contributed by atoms with Gasteiger partial charge in [0.25, 0.3) is 0 Å². The first-order valence-corrected chi connectivity index (χ1v) is 5.74. The molecule has 15 heavy (non-hydrogen) atoms. The van der Waals surface area contributed by atoms with E-state index in [1.165, 1.54) is 25.9 Å². The Kier molecular flexibility index (Phi) is 3.47. The molecule has 0 amide bonds. The van der Waals surface area contributed by atoms with Crippen LogP contribution in [0.2, 0.25) is 0 Å². The van der Waals surface area contributed by atoms with E-state index in [0.717, 1.165) is 24.5 Å². The predicted molar refractivity (Wildman–Crippen MR) is 62.5 cm³/mol. The summed E-state index contributed by atoms with van der Waals surface area (Å²) in [6.07, 6.45) is 6.32. The van der Waals surface area contributed by atoms with Gasteiger partial charge in [-0.05, 0) is 25.3 Å². The Morgan fingerprint density at radius 2 is 2.40 bits per heavy atom. The predicted octanol–water partition coefficient (Wildman–Crippen LogP) is 0.409. The number of hydrogen-bond donors (Lipinski definition) is 0. The molecule has 1 atom stereocenters. The number of aromatic nitrogens is 2. The normalized spacial score (nSPS) is 23.1. The molecule has 1 fully saturated rings. The van der Waals surface area contributed by atoms with Gasteiger partial charge in [0.1, 0.15) is 7.85 Å². The third kappa shape index (κ3) is 3.09. The third-order valence-electron chi connectivity index (χ3n) is 3.04. The fraction of sp³-hybridized carbons (Fsp3) is 0.727. The maximum atomic E-state index is 5.61. The molecule has 0 aromatic carbocycles. The minimum Gasteiger partial charge on any atom is -0.301 e. The van der Waals surface area contributed by atoms with E-state index >= 15 is 0 Å². The second-order valence-electron chi connectivity index (χ2n) is 4.58. The van der Waals surface area contributed by atoms with Crippen LogP contribution in [0.3, 0.4) is 0 Å². The minimum atomic E-state index is 0.752. The van der Waals surface area contributed by atoms with E-state index in [0.29, 0.717) is 0 Å². The molecule has 0 N–H and O–H groups in total. The van der Waals surface area contributed by atoms with Crippen LogP contribution in [0.1, 0.15) is 19.8 Å². The fourth-order valence-electron chi connectivity index (χ4n) is 2.24. The molecule has 1 aromatic rings. The second kappa shape index (κ2) is 4.84. The molecule has 1 aliphatic heterocycles. The molecule has 1 aromatic heterocycles. The van der Waals surface area contributed by atoms with Crippen LogP contribution in [0, 0.1) is 5.92 Å². The van der Waals surface area contributed by atoms with Crippen molar-refractivity contribution in [2.75, 3.05) is 19.6 Å². The quantitative estimate of drug-likeness (QED) is 0.663. The number of piperidine rings is 1. The number of likely N-dealkylation sites (tertiary alicyclic amines) is 1. The average Bonchev–Trinajstić information content (AvgIpc) is 2.62. The maximum Gasteiger partial charge on any atom is 0.118 e. The first-order chi connectivity index (χ1) is 7.24. The highest BCUT2D eigenvalue weighted by molar-refractivity contribution is 6.31. The molecule has 2 heterocycles. The van der Waals surface area contributed by atoms with Crippen LogP contribution < -0.4 is 5.46 Å². The summed E-state index contributed by atoms with van der Waals surface area (Å²) in [5.41, 5.74) is 0.752. The zero-order chi connectivity index (χ0) is 10.7. The lowest BCUT2D eigenvalue weighted by molar-refractivity contribution is 0.176. The van der Waals surface area contributed by atoms with Gasteiger partial charge in [0.2, 0.25) is 0 Å². The smallest absolute Gasteiger partial charge is 0.118 e. The van der Waals surface area contributed by atoms with Gasteiger partial charge in [0.15, 0.2) is 0 Å². The molecule has 80 valence electrons. The Morgan fingerprint density at radius 1 is 1.53 bits per heavy atom. The Bertz CT molecular complexity index is 311. The van der Waals surface area contributed by atoms with Crippen LogP contribution >= 0.6 is 0 Å². The summed E-state index contributed by atoms with van der Waals surface area (Å²) < 4.78 is 1.93. The number of nitrogens with zero attached hydrogens (tertiary/aromatic N) is 3. The van der Waals surface area contributed by atoms with Crippen LogP contribution in [0.5, 0.6) is 0 Å². The minimum absolute atomic E-state index is 0.752. The first kappa shape index (κ1) is 10.7. The topological polar surface area (TPSA) is 21.1 Å². The molecular formula is C11H18BN3. The van der Waals surface area contributed by atoms with Crippen molar-refractivity contribution in [2.45, 2.75) is 26.3 Å². The second-order valence-corrected chi connectivity index (χ2v) is 4.58. The standard InChI is InChI=1S/C11H18BN3/c1-10-3-2-4-14(8-10)5-6-15-9-11(12)7-13-15/h7,9-10H,2-6,8H2,1H3/t10-/m1/s1. The van der Waals surface area contributed by atoms with E-state index in [2.05, 4.69) is 16.9 Å². The Hall–Kier alpha value is -0.765. The van der Waals surface area contributed by atoms with Gasteiger partial charge >= 0.3 is 0 Å². The van der Waals surface area contributed by atoms with E-state index in [4.69, 9.17) is 7.85 Å². The summed E-state index contributed by atoms with van der Waals surface area (Å²) in [6.45, 7) is 6.84. The summed E-state index contributed by atoms with van der Waals surface area (Å²) in [6, 6.07) is 0. The summed E-state index contributed by atoms with van der Waals surface area (Å²) in [4.78, 5) is 2.52. The fourth-order valence-corrected chi connectivity index (χ4v) is 2.24. The lowest BCUT2D eigenvalue weighted by atomic mass is 10.0. The average molecular weight is 203 g/mol. The lowest BCUT2D eigenvalue weighted by Crippen LogP contribution is -2.36. The van der Waals surface area contributed by atoms with E-state index in [9.17, 15) is 0 Å². The molecular weight excluding hydrogens is 185 g/mol. The molecule has 0 aliphatic carbocycles. The summed E-state index contributed by atoms with van der Waals surface area (Å²) in [5, 5.41) is 4.18. The highest BCUT2D eigenvalue weighted by Crippen LogP contribution is 2.14. The van der Waals surface area contributed by atoms with Crippen molar-refractivity contribution in [3.8, 4) is 0 Å². The molecule has 0 saturated carbocycles. The SMILES string of the molecule is [B]c1cnn(CCN2CCC[C@@H](C)C2)c1. The molecule has 1 aliphatic rings. The van der Waals surface area contributed by atoms with Crippen molar-refractivity contribution in [1.82, 2.24) is 14.7 Å². The number of rotatable bonds is 3. The highest BCUT2D eigenvalue weighted by Gasteiger charge is 2.15. The highest BCUT2D eigenvalue weighted by atomic mass is 15.3. The largest absolute Gasteiger partial charge is 0.301 e. The maximum absolute atomic E-state index is 5.61. The molecule has 0 spiro atoms. The van der Waals surface area contributed by atoms with Gasteiger partial charge in [0.05, 0.1) is 6.54 Å². The summed E-state index contributed by atoms with van der Waals surface area (Å²) in [5.74, 6) is 0.849. The van der Waals surface area contributed by atoms with Gasteiger partial charge in [-0.3, -0.25) is 4.68 Å². The van der Waals surface area contributed by atoms with Crippen molar-refractivity contribution in [1.29, 1.82) is 0 Å². The van der Waals surface area contributed by atoms with Gasteiger partial charge in [-0.1, -0.05) is 12.4 Å².